The maximum atomic E-state index is 13.8. The molecule has 2 rings (SSSR count). The van der Waals surface area contributed by atoms with Gasteiger partial charge in [-0.3, -0.25) is 24.0 Å². The number of carbonyl (C=O) groups excluding carboxylic acids is 5. The van der Waals surface area contributed by atoms with Crippen molar-refractivity contribution in [2.45, 2.75) is 139 Å². The van der Waals surface area contributed by atoms with Crippen LogP contribution in [-0.4, -0.2) is 95.1 Å². The van der Waals surface area contributed by atoms with Crippen molar-refractivity contribution in [1.29, 1.82) is 0 Å². The Labute approximate surface area is 324 Å². The number of carboxylic acids is 1. The molecule has 0 saturated heterocycles. The van der Waals surface area contributed by atoms with Crippen molar-refractivity contribution in [3.63, 3.8) is 0 Å². The van der Waals surface area contributed by atoms with Crippen molar-refractivity contribution in [2.24, 2.45) is 23.1 Å². The molecule has 0 radical (unpaired) electrons. The molecule has 1 aliphatic rings. The second kappa shape index (κ2) is 25.5. The van der Waals surface area contributed by atoms with Crippen LogP contribution in [0.5, 0.6) is 5.75 Å². The van der Waals surface area contributed by atoms with Crippen LogP contribution in [-0.2, 0) is 35.2 Å². The van der Waals surface area contributed by atoms with Crippen molar-refractivity contribution in [2.75, 3.05) is 13.1 Å². The molecule has 0 aliphatic heterocycles. The molecular weight excluding hydrogens is 708 g/mol. The van der Waals surface area contributed by atoms with Crippen LogP contribution in [0.3, 0.4) is 0 Å². The van der Waals surface area contributed by atoms with Crippen LogP contribution in [0.2, 0.25) is 0 Å². The van der Waals surface area contributed by atoms with Crippen LogP contribution in [0.4, 0.5) is 0 Å². The van der Waals surface area contributed by atoms with Crippen LogP contribution in [0.25, 0.3) is 0 Å². The van der Waals surface area contributed by atoms with Gasteiger partial charge < -0.3 is 54.0 Å². The Morgan fingerprint density at radius 1 is 0.727 bits per heavy atom. The number of aromatic hydroxyl groups is 1. The molecule has 1 fully saturated rings. The number of amides is 5. The van der Waals surface area contributed by atoms with E-state index in [1.165, 1.54) is 18.2 Å². The largest absolute Gasteiger partial charge is 0.508 e. The maximum absolute atomic E-state index is 13.8. The minimum absolute atomic E-state index is 0.00890. The van der Waals surface area contributed by atoms with E-state index in [1.54, 1.807) is 19.1 Å². The van der Waals surface area contributed by atoms with E-state index < -0.39 is 71.8 Å². The van der Waals surface area contributed by atoms with Gasteiger partial charge in [-0.1, -0.05) is 57.2 Å². The number of hydrogen-bond donors (Lipinski definition) is 10. The first-order valence-electron chi connectivity index (χ1n) is 19.6. The molecule has 0 bridgehead atoms. The molecule has 308 valence electrons. The number of unbranched alkanes of at least 4 members (excludes halogenated alkanes) is 2. The predicted octanol–water partition coefficient (Wildman–Crippen LogP) is 0.985. The second-order valence-corrected chi connectivity index (χ2v) is 14.4. The van der Waals surface area contributed by atoms with E-state index in [9.17, 15) is 39.0 Å². The summed E-state index contributed by atoms with van der Waals surface area (Å²) in [4.78, 5) is 79.7. The number of nitrogens with one attached hydrogen (secondary N) is 5. The Kier molecular flexibility index (Phi) is 21.6. The Balaban J connectivity index is 2.26. The first-order chi connectivity index (χ1) is 26.3. The molecule has 1 aromatic carbocycles. The number of rotatable bonds is 26. The molecule has 1 saturated carbocycles. The lowest BCUT2D eigenvalue weighted by Crippen LogP contribution is -2.59. The molecule has 16 heteroatoms. The van der Waals surface area contributed by atoms with Crippen molar-refractivity contribution < 1.29 is 39.0 Å². The second-order valence-electron chi connectivity index (χ2n) is 14.4. The summed E-state index contributed by atoms with van der Waals surface area (Å²) in [5.74, 6) is -4.20. The number of hydrogen-bond acceptors (Lipinski definition) is 10. The number of benzene rings is 1. The highest BCUT2D eigenvalue weighted by molar-refractivity contribution is 5.96. The lowest BCUT2D eigenvalue weighted by Gasteiger charge is -2.28. The highest BCUT2D eigenvalue weighted by atomic mass is 16.4. The van der Waals surface area contributed by atoms with Gasteiger partial charge in [0.15, 0.2) is 0 Å². The Morgan fingerprint density at radius 3 is 1.71 bits per heavy atom. The fraction of sp³-hybridized carbons (Fsp3) is 0.641. The summed E-state index contributed by atoms with van der Waals surface area (Å²) in [5, 5.41) is 33.2. The zero-order chi connectivity index (χ0) is 40.8. The predicted molar refractivity (Wildman–Crippen MR) is 209 cm³/mol. The van der Waals surface area contributed by atoms with Gasteiger partial charge in [-0.05, 0) is 94.5 Å². The average molecular weight is 773 g/mol. The fourth-order valence-electron chi connectivity index (χ4n) is 6.59. The average Bonchev–Trinajstić information content (AvgIpc) is 3.16. The first-order valence-corrected chi connectivity index (χ1v) is 19.6. The molecule has 6 atom stereocenters. The van der Waals surface area contributed by atoms with Gasteiger partial charge in [0, 0.05) is 6.42 Å². The molecule has 0 heterocycles. The summed E-state index contributed by atoms with van der Waals surface area (Å²) in [7, 11) is 0. The maximum Gasteiger partial charge on any atom is 0.326 e. The molecule has 5 amide bonds. The number of nitrogens with two attached hydrogens (primary N) is 3. The van der Waals surface area contributed by atoms with Crippen molar-refractivity contribution in [1.82, 2.24) is 26.6 Å². The van der Waals surface area contributed by atoms with Gasteiger partial charge in [0.05, 0.1) is 6.04 Å². The van der Waals surface area contributed by atoms with Gasteiger partial charge in [-0.25, -0.2) is 4.79 Å². The molecular formula is C39H64N8O8. The first kappa shape index (κ1) is 46.6. The van der Waals surface area contributed by atoms with E-state index in [0.29, 0.717) is 44.3 Å². The van der Waals surface area contributed by atoms with Crippen molar-refractivity contribution >= 4 is 35.5 Å². The van der Waals surface area contributed by atoms with Gasteiger partial charge in [-0.15, -0.1) is 6.58 Å². The normalized spacial score (nSPS) is 16.3. The van der Waals surface area contributed by atoms with Crippen LogP contribution < -0.4 is 43.8 Å². The highest BCUT2D eigenvalue weighted by Gasteiger charge is 2.33. The zero-order valence-corrected chi connectivity index (χ0v) is 32.2. The van der Waals surface area contributed by atoms with Crippen molar-refractivity contribution in [3.8, 4) is 5.75 Å². The van der Waals surface area contributed by atoms with Gasteiger partial charge in [-0.2, -0.15) is 0 Å². The van der Waals surface area contributed by atoms with Crippen LogP contribution >= 0.6 is 0 Å². The standard InChI is InChI=1S/C39H64N8O8/c1-3-12-28(42)34(49)44-30(15-8-10-21-40)37(52)45-31(16-9-11-22-41)36(51)43-29(4-2)35(50)46-32(23-26-17-19-27(48)20-18-26)38(53)47-33(39(54)55)24-25-13-6-5-7-14-25/h3,17-20,25,28-33,48H,1,4-16,21-24,40-42H2,2H3,(H,43,51)(H,44,49)(H,45,52)(H,46,50)(H,47,53)(H,54,55)/t28-,29-,30-,31-,32-,33-/m0/s1. The molecule has 0 aromatic heterocycles. The van der Waals surface area contributed by atoms with Gasteiger partial charge >= 0.3 is 5.97 Å². The van der Waals surface area contributed by atoms with E-state index in [2.05, 4.69) is 33.2 Å². The fourth-order valence-corrected chi connectivity index (χ4v) is 6.59. The van der Waals surface area contributed by atoms with Gasteiger partial charge in [0.2, 0.25) is 29.5 Å². The molecule has 16 nitrogen and oxygen atoms in total. The number of carbonyl (C=O) groups is 6. The third-order valence-electron chi connectivity index (χ3n) is 9.88. The summed E-state index contributed by atoms with van der Waals surface area (Å²) >= 11 is 0. The summed E-state index contributed by atoms with van der Waals surface area (Å²) in [6.45, 7) is 6.01. The van der Waals surface area contributed by atoms with Crippen molar-refractivity contribution in [3.05, 3.63) is 42.5 Å². The number of aliphatic carboxylic acids is 1. The number of carboxylic acid groups (broad SMARTS) is 1. The third kappa shape index (κ3) is 17.2. The third-order valence-corrected chi connectivity index (χ3v) is 9.88. The topological polar surface area (TPSA) is 281 Å². The van der Waals surface area contributed by atoms with E-state index in [4.69, 9.17) is 17.2 Å². The Hall–Kier alpha value is -4.54. The monoisotopic (exact) mass is 772 g/mol. The van der Waals surface area contributed by atoms with E-state index >= 15 is 0 Å². The van der Waals surface area contributed by atoms with E-state index in [0.717, 1.165) is 32.1 Å². The molecule has 1 aromatic rings. The quantitative estimate of drug-likeness (QED) is 0.0468. The van der Waals surface area contributed by atoms with E-state index in [-0.39, 0.29) is 50.2 Å². The van der Waals surface area contributed by atoms with Crippen LogP contribution in [0.15, 0.2) is 36.9 Å². The van der Waals surface area contributed by atoms with Gasteiger partial charge in [0.25, 0.3) is 0 Å². The molecule has 13 N–H and O–H groups in total. The lowest BCUT2D eigenvalue weighted by atomic mass is 9.84. The summed E-state index contributed by atoms with van der Waals surface area (Å²) in [5.41, 5.74) is 17.9. The molecule has 55 heavy (non-hydrogen) atoms. The zero-order valence-electron chi connectivity index (χ0n) is 32.2. The lowest BCUT2D eigenvalue weighted by molar-refractivity contribution is -0.143. The Morgan fingerprint density at radius 2 is 1.20 bits per heavy atom. The highest BCUT2D eigenvalue weighted by Crippen LogP contribution is 2.27. The molecule has 0 spiro atoms. The van der Waals surface area contributed by atoms with E-state index in [1.807, 2.05) is 0 Å². The van der Waals surface area contributed by atoms with Gasteiger partial charge in [0.1, 0.15) is 36.0 Å². The minimum atomic E-state index is -1.22. The van der Waals surface area contributed by atoms with Crippen LogP contribution in [0, 0.1) is 5.92 Å². The number of phenols is 1. The minimum Gasteiger partial charge on any atom is -0.508 e. The smallest absolute Gasteiger partial charge is 0.326 e. The SMILES string of the molecule is C=CC[C@H](N)C(=O)N[C@@H](CCCCN)C(=O)N[C@@H](CCCCN)C(=O)N[C@@H](CC)C(=O)N[C@@H](Cc1ccc(O)cc1)C(=O)N[C@@H](CC1CCCCC1)C(=O)O. The van der Waals surface area contributed by atoms with Crippen LogP contribution in [0.1, 0.15) is 102 Å². The summed E-state index contributed by atoms with van der Waals surface area (Å²) in [6, 6.07) is -0.470. The summed E-state index contributed by atoms with van der Waals surface area (Å²) in [6.07, 6.45) is 9.54. The molecule has 0 unspecified atom stereocenters. The molecule has 1 aliphatic carbocycles. The summed E-state index contributed by atoms with van der Waals surface area (Å²) < 4.78 is 0. The Bertz CT molecular complexity index is 1390. The number of phenolic OH excluding ortho intramolecular Hbond substituents is 1.